The quantitative estimate of drug-likeness (QED) is 0.474. The number of hydrogen-bond acceptors (Lipinski definition) is 2. The van der Waals surface area contributed by atoms with Crippen molar-refractivity contribution in [2.45, 2.75) is 25.8 Å². The molecule has 7 heteroatoms. The van der Waals surface area contributed by atoms with E-state index in [1.54, 1.807) is 12.1 Å². The molecule has 0 spiro atoms. The highest BCUT2D eigenvalue weighted by atomic mass is 19.1. The van der Waals surface area contributed by atoms with Gasteiger partial charge in [0, 0.05) is 11.7 Å². The van der Waals surface area contributed by atoms with Crippen LogP contribution in [-0.4, -0.2) is 57.1 Å². The van der Waals surface area contributed by atoms with E-state index in [1.165, 1.54) is 34.8 Å². The van der Waals surface area contributed by atoms with Crippen LogP contribution in [0.2, 0.25) is 0 Å². The highest BCUT2D eigenvalue weighted by Gasteiger charge is 2.31. The molecule has 1 saturated carbocycles. The van der Waals surface area contributed by atoms with Gasteiger partial charge in [0.2, 0.25) is 0 Å². The Morgan fingerprint density at radius 1 is 1.04 bits per heavy atom. The first-order valence-electron chi connectivity index (χ1n) is 9.51. The molecule has 2 aliphatic rings. The van der Waals surface area contributed by atoms with Crippen molar-refractivity contribution in [1.82, 2.24) is 5.32 Å². The summed E-state index contributed by atoms with van der Waals surface area (Å²) in [5.41, 5.74) is 0.613. The van der Waals surface area contributed by atoms with Crippen molar-refractivity contribution >= 4 is 17.5 Å². The van der Waals surface area contributed by atoms with Crippen molar-refractivity contribution in [3.63, 3.8) is 0 Å². The van der Waals surface area contributed by atoms with Crippen LogP contribution >= 0.6 is 0 Å². The minimum atomic E-state index is -0.316. The van der Waals surface area contributed by atoms with Crippen LogP contribution in [0.25, 0.3) is 0 Å². The molecule has 1 aromatic rings. The standard InChI is InChI=1S/C19H27FN4O2/c1-14(15-2-3-15)21-18(25)12-23-8-10-24(11-9-23)13-19(26)22-17-6-4-16(20)5-7-17/h4-7,14-15H,2-3,8-13H2,1H3,(H,21,25)(H,22,26)/p+2/t14-/m1/s1. The minimum absolute atomic E-state index is 0.0638. The normalized spacial score (nSPS) is 23.9. The summed E-state index contributed by atoms with van der Waals surface area (Å²) < 4.78 is 12.9. The highest BCUT2D eigenvalue weighted by Crippen LogP contribution is 2.32. The Balaban J connectivity index is 1.34. The van der Waals surface area contributed by atoms with Gasteiger partial charge in [0.25, 0.3) is 11.8 Å². The third-order valence-corrected chi connectivity index (χ3v) is 5.33. The van der Waals surface area contributed by atoms with Gasteiger partial charge in [-0.3, -0.25) is 9.59 Å². The second-order valence-corrected chi connectivity index (χ2v) is 7.60. The molecule has 4 N–H and O–H groups in total. The number of benzene rings is 1. The van der Waals surface area contributed by atoms with Gasteiger partial charge in [-0.05, 0) is 49.9 Å². The number of carbonyl (C=O) groups excluding carboxylic acids is 2. The van der Waals surface area contributed by atoms with Crippen molar-refractivity contribution in [2.24, 2.45) is 5.92 Å². The van der Waals surface area contributed by atoms with E-state index in [4.69, 9.17) is 0 Å². The number of carbonyl (C=O) groups is 2. The molecular formula is C19H29FN4O2+2. The zero-order valence-corrected chi connectivity index (χ0v) is 15.3. The lowest BCUT2D eigenvalue weighted by molar-refractivity contribution is -1.00. The van der Waals surface area contributed by atoms with E-state index in [1.807, 2.05) is 0 Å². The Hall–Kier alpha value is -1.99. The zero-order chi connectivity index (χ0) is 18.5. The number of halogens is 1. The summed E-state index contributed by atoms with van der Waals surface area (Å²) in [6, 6.07) is 6.08. The van der Waals surface area contributed by atoms with Gasteiger partial charge in [-0.2, -0.15) is 0 Å². The van der Waals surface area contributed by atoms with Crippen LogP contribution in [0.15, 0.2) is 24.3 Å². The summed E-state index contributed by atoms with van der Waals surface area (Å²) in [6.07, 6.45) is 2.46. The van der Waals surface area contributed by atoms with E-state index < -0.39 is 0 Å². The molecule has 1 aromatic carbocycles. The number of hydrogen-bond donors (Lipinski definition) is 4. The predicted molar refractivity (Wildman–Crippen MR) is 96.5 cm³/mol. The van der Waals surface area contributed by atoms with Gasteiger partial charge in [-0.25, -0.2) is 4.39 Å². The Kier molecular flexibility index (Phi) is 6.21. The zero-order valence-electron chi connectivity index (χ0n) is 15.3. The Labute approximate surface area is 153 Å². The smallest absolute Gasteiger partial charge is 0.279 e. The molecule has 2 fully saturated rings. The van der Waals surface area contributed by atoms with Gasteiger partial charge in [0.05, 0.1) is 0 Å². The van der Waals surface area contributed by atoms with E-state index >= 15 is 0 Å². The van der Waals surface area contributed by atoms with E-state index in [0.29, 0.717) is 30.7 Å². The summed E-state index contributed by atoms with van der Waals surface area (Å²) >= 11 is 0. The van der Waals surface area contributed by atoms with Gasteiger partial charge >= 0.3 is 0 Å². The minimum Gasteiger partial charge on any atom is -0.348 e. The van der Waals surface area contributed by atoms with E-state index in [9.17, 15) is 14.0 Å². The van der Waals surface area contributed by atoms with Crippen LogP contribution in [-0.2, 0) is 9.59 Å². The third kappa shape index (κ3) is 5.78. The fourth-order valence-electron chi connectivity index (χ4n) is 3.52. The second kappa shape index (κ2) is 8.60. The molecule has 1 saturated heterocycles. The Bertz CT molecular complexity index is 625. The molecule has 26 heavy (non-hydrogen) atoms. The molecule has 1 aliphatic carbocycles. The molecule has 1 atom stereocenters. The number of nitrogens with one attached hydrogen (secondary N) is 4. The van der Waals surface area contributed by atoms with Crippen LogP contribution < -0.4 is 20.4 Å². The van der Waals surface area contributed by atoms with Crippen LogP contribution in [0.1, 0.15) is 19.8 Å². The summed E-state index contributed by atoms with van der Waals surface area (Å²) in [4.78, 5) is 26.7. The van der Waals surface area contributed by atoms with Crippen molar-refractivity contribution in [3.8, 4) is 0 Å². The molecule has 1 heterocycles. The molecule has 142 valence electrons. The molecule has 6 nitrogen and oxygen atoms in total. The van der Waals surface area contributed by atoms with Crippen molar-refractivity contribution in [1.29, 1.82) is 0 Å². The number of amides is 2. The van der Waals surface area contributed by atoms with Crippen LogP contribution in [0, 0.1) is 11.7 Å². The maximum Gasteiger partial charge on any atom is 0.279 e. The average molecular weight is 364 g/mol. The summed E-state index contributed by atoms with van der Waals surface area (Å²) in [5, 5.41) is 5.91. The van der Waals surface area contributed by atoms with Crippen molar-refractivity contribution in [3.05, 3.63) is 30.1 Å². The average Bonchev–Trinajstić information content (AvgIpc) is 3.44. The lowest BCUT2D eigenvalue weighted by Gasteiger charge is -2.29. The van der Waals surface area contributed by atoms with Gasteiger partial charge in [0.15, 0.2) is 13.1 Å². The van der Waals surface area contributed by atoms with Gasteiger partial charge in [-0.1, -0.05) is 0 Å². The first kappa shape index (κ1) is 18.8. The molecule has 3 rings (SSSR count). The maximum atomic E-state index is 12.9. The van der Waals surface area contributed by atoms with Crippen LogP contribution in [0.4, 0.5) is 10.1 Å². The Morgan fingerprint density at radius 2 is 1.58 bits per heavy atom. The first-order chi connectivity index (χ1) is 12.5. The molecule has 2 amide bonds. The van der Waals surface area contributed by atoms with E-state index in [0.717, 1.165) is 26.2 Å². The second-order valence-electron chi connectivity index (χ2n) is 7.60. The fraction of sp³-hybridized carbons (Fsp3) is 0.579. The lowest BCUT2D eigenvalue weighted by Crippen LogP contribution is -3.28. The van der Waals surface area contributed by atoms with Gasteiger partial charge < -0.3 is 20.4 Å². The number of piperazine rings is 1. The monoisotopic (exact) mass is 364 g/mol. The maximum absolute atomic E-state index is 12.9. The number of quaternary nitrogens is 2. The van der Waals surface area contributed by atoms with Crippen LogP contribution in [0.5, 0.6) is 0 Å². The Morgan fingerprint density at radius 3 is 2.12 bits per heavy atom. The molecular weight excluding hydrogens is 335 g/mol. The predicted octanol–water partition coefficient (Wildman–Crippen LogP) is -1.54. The molecule has 0 bridgehead atoms. The van der Waals surface area contributed by atoms with Gasteiger partial charge in [-0.15, -0.1) is 0 Å². The van der Waals surface area contributed by atoms with Crippen molar-refractivity contribution in [2.75, 3.05) is 44.6 Å². The molecule has 1 aliphatic heterocycles. The third-order valence-electron chi connectivity index (χ3n) is 5.33. The molecule has 0 radical (unpaired) electrons. The van der Waals surface area contributed by atoms with E-state index in [-0.39, 0.29) is 17.6 Å². The fourth-order valence-corrected chi connectivity index (χ4v) is 3.52. The van der Waals surface area contributed by atoms with E-state index in [2.05, 4.69) is 17.6 Å². The topological polar surface area (TPSA) is 67.1 Å². The summed E-state index contributed by atoms with van der Waals surface area (Å²) in [6.45, 7) is 6.54. The SMILES string of the molecule is C[C@@H](NC(=O)C[NH+]1CC[NH+](CC(=O)Nc2ccc(F)cc2)CC1)C1CC1. The number of rotatable bonds is 7. The lowest BCUT2D eigenvalue weighted by atomic mass is 10.2. The van der Waals surface area contributed by atoms with Gasteiger partial charge in [0.1, 0.15) is 32.0 Å². The summed E-state index contributed by atoms with van der Waals surface area (Å²) in [5.74, 6) is 0.432. The highest BCUT2D eigenvalue weighted by molar-refractivity contribution is 5.91. The van der Waals surface area contributed by atoms with Crippen molar-refractivity contribution < 1.29 is 23.8 Å². The number of anilines is 1. The first-order valence-corrected chi connectivity index (χ1v) is 9.51. The van der Waals surface area contributed by atoms with Crippen LogP contribution in [0.3, 0.4) is 0 Å². The molecule has 0 unspecified atom stereocenters. The largest absolute Gasteiger partial charge is 0.348 e. The molecule has 0 aromatic heterocycles. The summed E-state index contributed by atoms with van der Waals surface area (Å²) in [7, 11) is 0.